The van der Waals surface area contributed by atoms with Crippen LogP contribution in [0.5, 0.6) is 0 Å². The number of hydrogen-bond donors (Lipinski definition) is 1. The van der Waals surface area contributed by atoms with Gasteiger partial charge in [-0.15, -0.1) is 0 Å². The van der Waals surface area contributed by atoms with Crippen LogP contribution < -0.4 is 0 Å². The summed E-state index contributed by atoms with van der Waals surface area (Å²) in [5.74, 6) is -0.818. The van der Waals surface area contributed by atoms with Crippen molar-refractivity contribution in [3.63, 3.8) is 0 Å². The number of nitrogens with zero attached hydrogens (tertiary/aromatic N) is 1. The summed E-state index contributed by atoms with van der Waals surface area (Å²) in [4.78, 5) is 15.1. The van der Waals surface area contributed by atoms with Crippen molar-refractivity contribution in [1.29, 1.82) is 0 Å². The second-order valence-electron chi connectivity index (χ2n) is 3.43. The van der Waals surface area contributed by atoms with Crippen molar-refractivity contribution in [2.24, 2.45) is 0 Å². The summed E-state index contributed by atoms with van der Waals surface area (Å²) < 4.78 is 5.17. The summed E-state index contributed by atoms with van der Waals surface area (Å²) in [7, 11) is 0. The lowest BCUT2D eigenvalue weighted by Crippen LogP contribution is -2.36. The van der Waals surface area contributed by atoms with E-state index in [0.717, 1.165) is 5.56 Å². The van der Waals surface area contributed by atoms with E-state index in [1.807, 2.05) is 0 Å². The lowest BCUT2D eigenvalue weighted by molar-refractivity contribution is -0.143. The SMILES string of the molecule is O=C(O)C1(c2ccncc2)CCOC1. The van der Waals surface area contributed by atoms with Crippen LogP contribution in [-0.4, -0.2) is 29.3 Å². The smallest absolute Gasteiger partial charge is 0.316 e. The third-order valence-electron chi connectivity index (χ3n) is 2.66. The molecule has 4 heteroatoms. The molecule has 74 valence electrons. The van der Waals surface area contributed by atoms with E-state index in [-0.39, 0.29) is 6.61 Å². The van der Waals surface area contributed by atoms with Gasteiger partial charge in [0, 0.05) is 19.0 Å². The number of carboxylic acids is 1. The zero-order valence-corrected chi connectivity index (χ0v) is 7.64. The van der Waals surface area contributed by atoms with Gasteiger partial charge >= 0.3 is 5.97 Å². The molecule has 0 aromatic carbocycles. The maximum Gasteiger partial charge on any atom is 0.316 e. The topological polar surface area (TPSA) is 59.4 Å². The van der Waals surface area contributed by atoms with Gasteiger partial charge in [-0.2, -0.15) is 0 Å². The first-order chi connectivity index (χ1) is 6.76. The van der Waals surface area contributed by atoms with Gasteiger partial charge in [0.1, 0.15) is 5.41 Å². The van der Waals surface area contributed by atoms with Crippen molar-refractivity contribution in [1.82, 2.24) is 4.98 Å². The lowest BCUT2D eigenvalue weighted by atomic mass is 9.80. The molecule has 1 aliphatic rings. The Balaban J connectivity index is 2.42. The van der Waals surface area contributed by atoms with E-state index in [1.54, 1.807) is 24.5 Å². The van der Waals surface area contributed by atoms with Crippen LogP contribution >= 0.6 is 0 Å². The highest BCUT2D eigenvalue weighted by atomic mass is 16.5. The maximum atomic E-state index is 11.2. The fourth-order valence-electron chi connectivity index (χ4n) is 1.76. The van der Waals surface area contributed by atoms with Gasteiger partial charge in [0.2, 0.25) is 0 Å². The van der Waals surface area contributed by atoms with E-state index < -0.39 is 11.4 Å². The summed E-state index contributed by atoms with van der Waals surface area (Å²) in [6, 6.07) is 3.48. The molecule has 1 aliphatic heterocycles. The van der Waals surface area contributed by atoms with Crippen LogP contribution in [0, 0.1) is 0 Å². The van der Waals surface area contributed by atoms with Crippen molar-refractivity contribution in [2.45, 2.75) is 11.8 Å². The highest BCUT2D eigenvalue weighted by Gasteiger charge is 2.44. The molecule has 1 fully saturated rings. The third-order valence-corrected chi connectivity index (χ3v) is 2.66. The molecule has 0 bridgehead atoms. The summed E-state index contributed by atoms with van der Waals surface area (Å²) in [6.45, 7) is 0.765. The molecule has 4 nitrogen and oxygen atoms in total. The average Bonchev–Trinajstić information content (AvgIpc) is 2.69. The predicted octanol–water partition coefficient (Wildman–Crippen LogP) is 0.824. The standard InChI is InChI=1S/C10H11NO3/c12-9(13)10(3-6-14-7-10)8-1-4-11-5-2-8/h1-2,4-5H,3,6-7H2,(H,12,13). The highest BCUT2D eigenvalue weighted by Crippen LogP contribution is 2.32. The van der Waals surface area contributed by atoms with E-state index in [0.29, 0.717) is 13.0 Å². The Morgan fingerprint density at radius 1 is 1.50 bits per heavy atom. The van der Waals surface area contributed by atoms with Gasteiger partial charge in [0.25, 0.3) is 0 Å². The van der Waals surface area contributed by atoms with Gasteiger partial charge in [-0.05, 0) is 24.1 Å². The van der Waals surface area contributed by atoms with Gasteiger partial charge < -0.3 is 9.84 Å². The first-order valence-corrected chi connectivity index (χ1v) is 4.47. The Hall–Kier alpha value is -1.42. The van der Waals surface area contributed by atoms with E-state index in [1.165, 1.54) is 0 Å². The lowest BCUT2D eigenvalue weighted by Gasteiger charge is -2.21. The number of pyridine rings is 1. The first kappa shape index (κ1) is 9.15. The van der Waals surface area contributed by atoms with E-state index in [4.69, 9.17) is 4.74 Å². The van der Waals surface area contributed by atoms with Gasteiger partial charge in [0.05, 0.1) is 6.61 Å². The Bertz CT molecular complexity index is 330. The molecule has 0 spiro atoms. The molecule has 2 rings (SSSR count). The summed E-state index contributed by atoms with van der Waals surface area (Å²) in [5.41, 5.74) is -0.0827. The minimum atomic E-state index is -0.858. The second kappa shape index (κ2) is 3.38. The Morgan fingerprint density at radius 3 is 2.71 bits per heavy atom. The highest BCUT2D eigenvalue weighted by molar-refractivity contribution is 5.81. The average molecular weight is 193 g/mol. The minimum absolute atomic E-state index is 0.256. The fraction of sp³-hybridized carbons (Fsp3) is 0.400. The van der Waals surface area contributed by atoms with Crippen LogP contribution in [0.1, 0.15) is 12.0 Å². The monoisotopic (exact) mass is 193 g/mol. The number of carbonyl (C=O) groups is 1. The number of aromatic nitrogens is 1. The fourth-order valence-corrected chi connectivity index (χ4v) is 1.76. The minimum Gasteiger partial charge on any atom is -0.481 e. The number of rotatable bonds is 2. The molecular weight excluding hydrogens is 182 g/mol. The molecule has 1 saturated heterocycles. The van der Waals surface area contributed by atoms with Crippen molar-refractivity contribution in [3.05, 3.63) is 30.1 Å². The first-order valence-electron chi connectivity index (χ1n) is 4.47. The third kappa shape index (κ3) is 1.28. The Morgan fingerprint density at radius 2 is 2.21 bits per heavy atom. The van der Waals surface area contributed by atoms with Crippen LogP contribution in [0.4, 0.5) is 0 Å². The second-order valence-corrected chi connectivity index (χ2v) is 3.43. The van der Waals surface area contributed by atoms with Crippen LogP contribution in [0.3, 0.4) is 0 Å². The molecule has 2 heterocycles. The van der Waals surface area contributed by atoms with Crippen LogP contribution in [0.15, 0.2) is 24.5 Å². The van der Waals surface area contributed by atoms with Crippen LogP contribution in [-0.2, 0) is 14.9 Å². The summed E-state index contributed by atoms with van der Waals surface area (Å²) >= 11 is 0. The Labute approximate surface area is 81.5 Å². The number of aliphatic carboxylic acids is 1. The summed E-state index contributed by atoms with van der Waals surface area (Å²) in [6.07, 6.45) is 3.75. The molecule has 1 aromatic heterocycles. The number of hydrogen-bond acceptors (Lipinski definition) is 3. The van der Waals surface area contributed by atoms with Crippen molar-refractivity contribution in [3.8, 4) is 0 Å². The summed E-state index contributed by atoms with van der Waals surface area (Å²) in [5, 5.41) is 9.22. The van der Waals surface area contributed by atoms with Crippen LogP contribution in [0.25, 0.3) is 0 Å². The zero-order chi connectivity index (χ0) is 10.0. The number of ether oxygens (including phenoxy) is 1. The quantitative estimate of drug-likeness (QED) is 0.755. The van der Waals surface area contributed by atoms with Crippen LogP contribution in [0.2, 0.25) is 0 Å². The molecule has 1 atom stereocenters. The van der Waals surface area contributed by atoms with Gasteiger partial charge in [-0.3, -0.25) is 9.78 Å². The maximum absolute atomic E-state index is 11.2. The van der Waals surface area contributed by atoms with Crippen molar-refractivity contribution in [2.75, 3.05) is 13.2 Å². The molecule has 14 heavy (non-hydrogen) atoms. The zero-order valence-electron chi connectivity index (χ0n) is 7.64. The Kier molecular flexibility index (Phi) is 2.21. The van der Waals surface area contributed by atoms with E-state index in [9.17, 15) is 9.90 Å². The molecule has 1 unspecified atom stereocenters. The van der Waals surface area contributed by atoms with E-state index in [2.05, 4.69) is 4.98 Å². The van der Waals surface area contributed by atoms with Gasteiger partial charge in [0.15, 0.2) is 0 Å². The normalized spacial score (nSPS) is 26.3. The molecule has 0 aliphatic carbocycles. The largest absolute Gasteiger partial charge is 0.481 e. The van der Waals surface area contributed by atoms with Gasteiger partial charge in [-0.1, -0.05) is 0 Å². The molecule has 0 amide bonds. The van der Waals surface area contributed by atoms with Gasteiger partial charge in [-0.25, -0.2) is 0 Å². The predicted molar refractivity (Wildman–Crippen MR) is 49.0 cm³/mol. The number of carboxylic acid groups (broad SMARTS) is 1. The molecule has 1 aromatic rings. The van der Waals surface area contributed by atoms with Crippen molar-refractivity contribution >= 4 is 5.97 Å². The van der Waals surface area contributed by atoms with E-state index >= 15 is 0 Å². The molecule has 0 radical (unpaired) electrons. The molecule has 1 N–H and O–H groups in total. The molecular formula is C10H11NO3. The molecule has 0 saturated carbocycles. The van der Waals surface area contributed by atoms with Crippen molar-refractivity contribution < 1.29 is 14.6 Å².